The molecule has 98 valence electrons. The lowest BCUT2D eigenvalue weighted by Gasteiger charge is -2.23. The van der Waals surface area contributed by atoms with Gasteiger partial charge in [0.15, 0.2) is 0 Å². The molecule has 0 aliphatic carbocycles. The highest BCUT2D eigenvalue weighted by atomic mass is 79.9. The number of piperidine rings is 1. The molecule has 1 fully saturated rings. The Bertz CT molecular complexity index is 457. The topological polar surface area (TPSA) is 58.2 Å². The van der Waals surface area contributed by atoms with Crippen LogP contribution in [0.2, 0.25) is 0 Å². The van der Waals surface area contributed by atoms with Gasteiger partial charge in [-0.15, -0.1) is 23.7 Å². The zero-order valence-corrected chi connectivity index (χ0v) is 13.0. The van der Waals surface area contributed by atoms with Crippen molar-refractivity contribution in [2.75, 3.05) is 13.1 Å². The molecule has 1 aromatic heterocycles. The van der Waals surface area contributed by atoms with Crippen molar-refractivity contribution in [3.63, 3.8) is 0 Å². The molecule has 2 rings (SSSR count). The van der Waals surface area contributed by atoms with Crippen molar-refractivity contribution in [2.24, 2.45) is 0 Å². The van der Waals surface area contributed by atoms with Gasteiger partial charge in [0, 0.05) is 10.5 Å². The van der Waals surface area contributed by atoms with Gasteiger partial charge in [-0.05, 0) is 53.3 Å². The average Bonchev–Trinajstić information content (AvgIpc) is 2.66. The van der Waals surface area contributed by atoms with E-state index in [0.29, 0.717) is 8.68 Å². The predicted molar refractivity (Wildman–Crippen MR) is 75.5 cm³/mol. The van der Waals surface area contributed by atoms with Crippen molar-refractivity contribution < 1.29 is 8.42 Å². The van der Waals surface area contributed by atoms with Crippen LogP contribution in [-0.2, 0) is 10.0 Å². The highest BCUT2D eigenvalue weighted by molar-refractivity contribution is 9.10. The summed E-state index contributed by atoms with van der Waals surface area (Å²) >= 11 is 4.48. The van der Waals surface area contributed by atoms with Crippen LogP contribution >= 0.6 is 39.7 Å². The third-order valence-electron chi connectivity index (χ3n) is 2.49. The zero-order chi connectivity index (χ0) is 11.6. The van der Waals surface area contributed by atoms with Crippen LogP contribution in [-0.4, -0.2) is 27.5 Å². The van der Waals surface area contributed by atoms with Crippen molar-refractivity contribution in [3.8, 4) is 0 Å². The Morgan fingerprint density at radius 1 is 1.41 bits per heavy atom. The monoisotopic (exact) mass is 360 g/mol. The molecule has 1 aliphatic heterocycles. The van der Waals surface area contributed by atoms with Crippen molar-refractivity contribution >= 4 is 49.7 Å². The van der Waals surface area contributed by atoms with Crippen molar-refractivity contribution in [3.05, 3.63) is 15.9 Å². The van der Waals surface area contributed by atoms with Gasteiger partial charge < -0.3 is 5.32 Å². The third kappa shape index (κ3) is 3.90. The lowest BCUT2D eigenvalue weighted by Crippen LogP contribution is -2.42. The first-order valence-corrected chi connectivity index (χ1v) is 8.21. The number of thiophene rings is 1. The zero-order valence-electron chi connectivity index (χ0n) is 8.98. The standard InChI is InChI=1S/C9H13BrN2O2S2.ClH/c10-8-3-6-15-9(8)16(13,14)12-7-1-4-11-5-2-7;/h3,6-7,11-12H,1-2,4-5H2;1H. The molecule has 1 aliphatic rings. The minimum atomic E-state index is -3.35. The largest absolute Gasteiger partial charge is 0.317 e. The molecule has 0 radical (unpaired) electrons. The number of sulfonamides is 1. The Morgan fingerprint density at radius 3 is 2.59 bits per heavy atom. The summed E-state index contributed by atoms with van der Waals surface area (Å²) in [7, 11) is -3.35. The lowest BCUT2D eigenvalue weighted by molar-refractivity contribution is 0.427. The van der Waals surface area contributed by atoms with Gasteiger partial charge in [-0.3, -0.25) is 0 Å². The van der Waals surface area contributed by atoms with Crippen LogP contribution < -0.4 is 10.0 Å². The van der Waals surface area contributed by atoms with Gasteiger partial charge in [0.25, 0.3) is 10.0 Å². The smallest absolute Gasteiger partial charge is 0.251 e. The number of rotatable bonds is 3. The molecule has 0 aromatic carbocycles. The molecule has 0 saturated carbocycles. The lowest BCUT2D eigenvalue weighted by atomic mass is 10.1. The number of hydrogen-bond donors (Lipinski definition) is 2. The van der Waals surface area contributed by atoms with Crippen LogP contribution in [0.3, 0.4) is 0 Å². The van der Waals surface area contributed by atoms with E-state index in [1.54, 1.807) is 11.4 Å². The Labute approximate surface area is 120 Å². The summed E-state index contributed by atoms with van der Waals surface area (Å²) in [5.41, 5.74) is 0. The SMILES string of the molecule is Cl.O=S(=O)(NC1CCNCC1)c1sccc1Br. The molecule has 2 heterocycles. The molecular formula is C9H14BrClN2O2S2. The first-order chi connectivity index (χ1) is 7.59. The van der Waals surface area contributed by atoms with Gasteiger partial charge in [0.05, 0.1) is 0 Å². The highest BCUT2D eigenvalue weighted by Crippen LogP contribution is 2.27. The summed E-state index contributed by atoms with van der Waals surface area (Å²) in [5, 5.41) is 4.97. The van der Waals surface area contributed by atoms with Gasteiger partial charge in [-0.1, -0.05) is 0 Å². The highest BCUT2D eigenvalue weighted by Gasteiger charge is 2.24. The van der Waals surface area contributed by atoms with Gasteiger partial charge >= 0.3 is 0 Å². The molecule has 0 bridgehead atoms. The molecule has 4 nitrogen and oxygen atoms in total. The van der Waals surface area contributed by atoms with Gasteiger partial charge in [0.1, 0.15) is 4.21 Å². The Balaban J connectivity index is 0.00000144. The number of hydrogen-bond acceptors (Lipinski definition) is 4. The molecule has 1 saturated heterocycles. The van der Waals surface area contributed by atoms with E-state index in [2.05, 4.69) is 26.0 Å². The van der Waals surface area contributed by atoms with E-state index in [-0.39, 0.29) is 18.4 Å². The van der Waals surface area contributed by atoms with Gasteiger partial charge in [-0.2, -0.15) is 0 Å². The minimum absolute atomic E-state index is 0. The van der Waals surface area contributed by atoms with Crippen LogP contribution in [0.15, 0.2) is 20.1 Å². The second kappa shape index (κ2) is 6.49. The fourth-order valence-corrected chi connectivity index (χ4v) is 5.34. The summed E-state index contributed by atoms with van der Waals surface area (Å²) in [6, 6.07) is 1.81. The maximum Gasteiger partial charge on any atom is 0.251 e. The molecule has 2 N–H and O–H groups in total. The molecule has 0 unspecified atom stereocenters. The van der Waals surface area contributed by atoms with E-state index in [4.69, 9.17) is 0 Å². The maximum atomic E-state index is 12.0. The second-order valence-corrected chi connectivity index (χ2v) is 7.38. The maximum absolute atomic E-state index is 12.0. The third-order valence-corrected chi connectivity index (χ3v) is 6.68. The molecule has 0 atom stereocenters. The Morgan fingerprint density at radius 2 is 2.06 bits per heavy atom. The molecule has 17 heavy (non-hydrogen) atoms. The van der Waals surface area contributed by atoms with Crippen molar-refractivity contribution in [2.45, 2.75) is 23.1 Å². The summed E-state index contributed by atoms with van der Waals surface area (Å²) in [6.07, 6.45) is 1.70. The van der Waals surface area contributed by atoms with E-state index in [1.807, 2.05) is 0 Å². The summed E-state index contributed by atoms with van der Waals surface area (Å²) < 4.78 is 27.8. The van der Waals surface area contributed by atoms with Crippen molar-refractivity contribution in [1.82, 2.24) is 10.0 Å². The van der Waals surface area contributed by atoms with Crippen molar-refractivity contribution in [1.29, 1.82) is 0 Å². The second-order valence-electron chi connectivity index (χ2n) is 3.70. The fraction of sp³-hybridized carbons (Fsp3) is 0.556. The van der Waals surface area contributed by atoms with E-state index in [9.17, 15) is 8.42 Å². The van der Waals surface area contributed by atoms with Crippen LogP contribution in [0.1, 0.15) is 12.8 Å². The first-order valence-electron chi connectivity index (χ1n) is 5.05. The Hall–Kier alpha value is 0.340. The quantitative estimate of drug-likeness (QED) is 0.865. The molecule has 0 spiro atoms. The van der Waals surface area contributed by atoms with Crippen LogP contribution in [0, 0.1) is 0 Å². The van der Waals surface area contributed by atoms with Gasteiger partial charge in [0.2, 0.25) is 0 Å². The van der Waals surface area contributed by atoms with E-state index in [1.165, 1.54) is 11.3 Å². The molecular weight excluding hydrogens is 348 g/mol. The number of nitrogens with one attached hydrogen (secondary N) is 2. The summed E-state index contributed by atoms with van der Waals surface area (Å²) in [4.78, 5) is 0. The molecule has 8 heteroatoms. The summed E-state index contributed by atoms with van der Waals surface area (Å²) in [6.45, 7) is 1.75. The molecule has 1 aromatic rings. The average molecular weight is 362 g/mol. The minimum Gasteiger partial charge on any atom is -0.317 e. The van der Waals surface area contributed by atoms with E-state index < -0.39 is 10.0 Å². The van der Waals surface area contributed by atoms with Crippen LogP contribution in [0.4, 0.5) is 0 Å². The first kappa shape index (κ1) is 15.4. The predicted octanol–water partition coefficient (Wildman–Crippen LogP) is 1.96. The fourth-order valence-electron chi connectivity index (χ4n) is 1.68. The Kier molecular flexibility index (Phi) is 5.88. The van der Waals surface area contributed by atoms with E-state index in [0.717, 1.165) is 25.9 Å². The summed E-state index contributed by atoms with van der Waals surface area (Å²) in [5.74, 6) is 0. The van der Waals surface area contributed by atoms with Gasteiger partial charge in [-0.25, -0.2) is 13.1 Å². The van der Waals surface area contributed by atoms with Crippen LogP contribution in [0.25, 0.3) is 0 Å². The molecule has 0 amide bonds. The van der Waals surface area contributed by atoms with E-state index >= 15 is 0 Å². The van der Waals surface area contributed by atoms with Crippen LogP contribution in [0.5, 0.6) is 0 Å². The normalized spacial score (nSPS) is 17.7. The number of halogens is 2.